The van der Waals surface area contributed by atoms with Gasteiger partial charge in [-0.15, -0.1) is 0 Å². The van der Waals surface area contributed by atoms with Crippen LogP contribution in [0.4, 0.5) is 30.7 Å². The first-order chi connectivity index (χ1) is 16.6. The lowest BCUT2D eigenvalue weighted by Crippen LogP contribution is -2.37. The predicted octanol–water partition coefficient (Wildman–Crippen LogP) is 5.71. The molecule has 2 fully saturated rings. The third-order valence-corrected chi connectivity index (χ3v) is 7.09. The van der Waals surface area contributed by atoms with Crippen LogP contribution in [-0.4, -0.2) is 41.2 Å². The summed E-state index contributed by atoms with van der Waals surface area (Å²) in [6.45, 7) is 2.60. The van der Waals surface area contributed by atoms with Crippen molar-refractivity contribution in [3.8, 4) is 0 Å². The highest BCUT2D eigenvalue weighted by Crippen LogP contribution is 2.49. The molecule has 1 amide bonds. The third-order valence-electron chi connectivity index (χ3n) is 7.09. The largest absolute Gasteiger partial charge is 0.416 e. The van der Waals surface area contributed by atoms with Crippen molar-refractivity contribution in [3.05, 3.63) is 70.5 Å². The Balaban J connectivity index is 1.68. The Labute approximate surface area is 202 Å². The minimum Gasteiger partial charge on any atom is -0.395 e. The molecule has 2 unspecified atom stereocenters. The van der Waals surface area contributed by atoms with Gasteiger partial charge in [0.2, 0.25) is 5.91 Å². The standard InChI is InChI=1S/C25H24F7NO3/c1-13(15-7-16(24(27,28)29)9-17(8-15)25(30,31)32)36-20-11-33-19(10-23(2,12-34)22(33)35)21(20)14-3-5-18(26)6-4-14/h3-9,13,19-21,34H,10-12H2,1-2H3/t13-,19+,20+,21?,23?/m1/s1. The molecule has 2 aliphatic heterocycles. The number of aliphatic hydroxyl groups is 1. The lowest BCUT2D eigenvalue weighted by molar-refractivity contribution is -0.143. The van der Waals surface area contributed by atoms with Crippen molar-refractivity contribution < 1.29 is 45.4 Å². The Morgan fingerprint density at radius 2 is 1.61 bits per heavy atom. The van der Waals surface area contributed by atoms with E-state index in [1.54, 1.807) is 6.92 Å². The predicted molar refractivity (Wildman–Crippen MR) is 114 cm³/mol. The number of amides is 1. The second-order valence-electron chi connectivity index (χ2n) is 9.68. The van der Waals surface area contributed by atoms with Crippen molar-refractivity contribution in [1.82, 2.24) is 4.90 Å². The van der Waals surface area contributed by atoms with E-state index in [1.807, 2.05) is 0 Å². The minimum absolute atomic E-state index is 0.0244. The molecule has 196 valence electrons. The monoisotopic (exact) mass is 519 g/mol. The van der Waals surface area contributed by atoms with Crippen molar-refractivity contribution >= 4 is 5.91 Å². The van der Waals surface area contributed by atoms with Crippen LogP contribution in [-0.2, 0) is 21.9 Å². The molecule has 36 heavy (non-hydrogen) atoms. The van der Waals surface area contributed by atoms with Gasteiger partial charge in [0.15, 0.2) is 0 Å². The maximum absolute atomic E-state index is 13.6. The first-order valence-electron chi connectivity index (χ1n) is 11.3. The van der Waals surface area contributed by atoms with Gasteiger partial charge in [0.1, 0.15) is 5.82 Å². The molecule has 4 rings (SSSR count). The first kappa shape index (κ1) is 26.4. The van der Waals surface area contributed by atoms with Gasteiger partial charge in [-0.25, -0.2) is 4.39 Å². The molecular weight excluding hydrogens is 495 g/mol. The lowest BCUT2D eigenvalue weighted by Gasteiger charge is -2.28. The summed E-state index contributed by atoms with van der Waals surface area (Å²) in [5.74, 6) is -1.34. The number of carbonyl (C=O) groups is 1. The summed E-state index contributed by atoms with van der Waals surface area (Å²) in [5.41, 5.74) is -3.62. The molecule has 2 aromatic carbocycles. The molecule has 0 spiro atoms. The third kappa shape index (κ3) is 4.82. The fourth-order valence-corrected chi connectivity index (χ4v) is 5.19. The highest BCUT2D eigenvalue weighted by Gasteiger charge is 2.57. The van der Waals surface area contributed by atoms with Crippen LogP contribution in [0.25, 0.3) is 0 Å². The summed E-state index contributed by atoms with van der Waals surface area (Å²) in [5, 5.41) is 9.78. The fourth-order valence-electron chi connectivity index (χ4n) is 5.19. The van der Waals surface area contributed by atoms with Gasteiger partial charge >= 0.3 is 12.4 Å². The molecule has 0 bridgehead atoms. The second kappa shape index (κ2) is 9.02. The Morgan fingerprint density at radius 1 is 1.06 bits per heavy atom. The normalized spacial score (nSPS) is 27.4. The molecule has 4 nitrogen and oxygen atoms in total. The van der Waals surface area contributed by atoms with Crippen molar-refractivity contribution in [2.75, 3.05) is 13.2 Å². The van der Waals surface area contributed by atoms with Gasteiger partial charge in [0.05, 0.1) is 35.4 Å². The van der Waals surface area contributed by atoms with Gasteiger partial charge in [-0.1, -0.05) is 12.1 Å². The van der Waals surface area contributed by atoms with Crippen LogP contribution in [0.1, 0.15) is 54.5 Å². The molecule has 2 saturated heterocycles. The van der Waals surface area contributed by atoms with E-state index < -0.39 is 58.9 Å². The quantitative estimate of drug-likeness (QED) is 0.516. The highest BCUT2D eigenvalue weighted by molar-refractivity contribution is 5.86. The summed E-state index contributed by atoms with van der Waals surface area (Å²) in [7, 11) is 0. The van der Waals surface area contributed by atoms with Gasteiger partial charge < -0.3 is 14.7 Å². The van der Waals surface area contributed by atoms with Gasteiger partial charge in [-0.05, 0) is 61.7 Å². The topological polar surface area (TPSA) is 49.8 Å². The number of hydrogen-bond acceptors (Lipinski definition) is 3. The average molecular weight is 519 g/mol. The molecule has 5 atom stereocenters. The molecule has 0 radical (unpaired) electrons. The lowest BCUT2D eigenvalue weighted by atomic mass is 9.81. The van der Waals surface area contributed by atoms with Crippen LogP contribution in [0.15, 0.2) is 42.5 Å². The minimum atomic E-state index is -5.00. The number of halogens is 7. The zero-order chi connectivity index (χ0) is 26.6. The number of carbonyl (C=O) groups excluding carboxylic acids is 1. The van der Waals surface area contributed by atoms with Crippen molar-refractivity contribution in [2.45, 2.75) is 56.8 Å². The number of ether oxygens (including phenoxy) is 1. The van der Waals surface area contributed by atoms with Crippen molar-refractivity contribution in [3.63, 3.8) is 0 Å². The van der Waals surface area contributed by atoms with Crippen LogP contribution in [0.3, 0.4) is 0 Å². The molecule has 11 heteroatoms. The number of aliphatic hydroxyl groups excluding tert-OH is 1. The Kier molecular flexibility index (Phi) is 6.62. The molecule has 2 aromatic rings. The molecule has 0 aliphatic carbocycles. The summed E-state index contributed by atoms with van der Waals surface area (Å²) in [4.78, 5) is 14.5. The SMILES string of the molecule is C[C@@H](O[C@H]1CN2C(=O)C(C)(CO)C[C@H]2C1c1ccc(F)cc1)c1cc(C(F)(F)F)cc(C(F)(F)F)c1. The van der Waals surface area contributed by atoms with Gasteiger partial charge in [0, 0.05) is 18.5 Å². The molecule has 0 aromatic heterocycles. The number of nitrogens with zero attached hydrogens (tertiary/aromatic N) is 1. The Hall–Kier alpha value is -2.66. The number of hydrogen-bond donors (Lipinski definition) is 1. The van der Waals surface area contributed by atoms with E-state index in [9.17, 15) is 40.6 Å². The van der Waals surface area contributed by atoms with Crippen LogP contribution in [0.2, 0.25) is 0 Å². The van der Waals surface area contributed by atoms with Gasteiger partial charge in [0.25, 0.3) is 0 Å². The van der Waals surface area contributed by atoms with E-state index in [-0.39, 0.29) is 37.1 Å². The molecular formula is C25H24F7NO3. The summed E-state index contributed by atoms with van der Waals surface area (Å²) >= 11 is 0. The summed E-state index contributed by atoms with van der Waals surface area (Å²) in [6.07, 6.45) is -11.7. The number of alkyl halides is 6. The summed E-state index contributed by atoms with van der Waals surface area (Å²) in [6, 6.07) is 6.33. The van der Waals surface area contributed by atoms with E-state index in [2.05, 4.69) is 0 Å². The van der Waals surface area contributed by atoms with Crippen molar-refractivity contribution in [2.24, 2.45) is 5.41 Å². The zero-order valence-electron chi connectivity index (χ0n) is 19.3. The molecule has 2 heterocycles. The molecule has 2 aliphatic rings. The first-order valence-corrected chi connectivity index (χ1v) is 11.3. The second-order valence-corrected chi connectivity index (χ2v) is 9.68. The number of fused-ring (bicyclic) bond motifs is 1. The smallest absolute Gasteiger partial charge is 0.395 e. The Morgan fingerprint density at radius 3 is 2.11 bits per heavy atom. The zero-order valence-corrected chi connectivity index (χ0v) is 19.3. The van der Waals surface area contributed by atoms with Crippen LogP contribution >= 0.6 is 0 Å². The Bertz CT molecular complexity index is 1100. The summed E-state index contributed by atoms with van der Waals surface area (Å²) < 4.78 is 99.5. The maximum Gasteiger partial charge on any atom is 0.416 e. The van der Waals surface area contributed by atoms with Gasteiger partial charge in [-0.2, -0.15) is 26.3 Å². The van der Waals surface area contributed by atoms with Crippen LogP contribution in [0.5, 0.6) is 0 Å². The van der Waals surface area contributed by atoms with Crippen LogP contribution < -0.4 is 0 Å². The number of rotatable bonds is 5. The van der Waals surface area contributed by atoms with Crippen molar-refractivity contribution in [1.29, 1.82) is 0 Å². The van der Waals surface area contributed by atoms with Crippen LogP contribution in [0, 0.1) is 11.2 Å². The highest BCUT2D eigenvalue weighted by atomic mass is 19.4. The van der Waals surface area contributed by atoms with Gasteiger partial charge in [-0.3, -0.25) is 4.79 Å². The maximum atomic E-state index is 13.6. The van der Waals surface area contributed by atoms with E-state index in [4.69, 9.17) is 4.74 Å². The van der Waals surface area contributed by atoms with E-state index in [0.29, 0.717) is 17.7 Å². The van der Waals surface area contributed by atoms with E-state index in [0.717, 1.165) is 0 Å². The van der Waals surface area contributed by atoms with E-state index in [1.165, 1.54) is 36.1 Å². The fraction of sp³-hybridized carbons (Fsp3) is 0.480. The van der Waals surface area contributed by atoms with E-state index >= 15 is 0 Å². The molecule has 0 saturated carbocycles. The molecule has 1 N–H and O–H groups in total. The number of benzene rings is 2. The average Bonchev–Trinajstić information content (AvgIpc) is 3.26.